The second kappa shape index (κ2) is 8.13. The van der Waals surface area contributed by atoms with Gasteiger partial charge in [0.2, 0.25) is 5.91 Å². The van der Waals surface area contributed by atoms with E-state index < -0.39 is 0 Å². The SMILES string of the molecule is Cc1cnc(C)c(N2CCC(N3CCC[C@@H](C(=O)N4CCCC4)C3)CC2)n1. The standard InChI is InChI=1S/C21H33N5O/c1-16-14-22-17(2)20(23-16)24-12-7-19(8-13-24)26-11-5-6-18(15-26)21(27)25-9-3-4-10-25/h14,18-19H,3-13,15H2,1-2H3/t18-/m1/s1. The summed E-state index contributed by atoms with van der Waals surface area (Å²) in [6.45, 7) is 10.2. The minimum atomic E-state index is 0.222. The molecule has 0 radical (unpaired) electrons. The molecule has 4 rings (SSSR count). The van der Waals surface area contributed by atoms with Crippen LogP contribution < -0.4 is 4.90 Å². The van der Waals surface area contributed by atoms with Crippen LogP contribution in [0.4, 0.5) is 5.82 Å². The van der Waals surface area contributed by atoms with Crippen molar-refractivity contribution in [1.82, 2.24) is 19.8 Å². The first kappa shape index (κ1) is 18.7. The Balaban J connectivity index is 1.33. The van der Waals surface area contributed by atoms with Gasteiger partial charge in [0.25, 0.3) is 0 Å². The molecular formula is C21H33N5O. The Labute approximate surface area is 162 Å². The van der Waals surface area contributed by atoms with Crippen LogP contribution in [0.2, 0.25) is 0 Å². The molecule has 0 aliphatic carbocycles. The van der Waals surface area contributed by atoms with Gasteiger partial charge in [-0.1, -0.05) is 0 Å². The monoisotopic (exact) mass is 371 g/mol. The summed E-state index contributed by atoms with van der Waals surface area (Å²) < 4.78 is 0. The van der Waals surface area contributed by atoms with E-state index >= 15 is 0 Å². The second-order valence-corrected chi connectivity index (χ2v) is 8.51. The van der Waals surface area contributed by atoms with Gasteiger partial charge < -0.3 is 9.80 Å². The Kier molecular flexibility index (Phi) is 5.62. The number of carbonyl (C=O) groups excluding carboxylic acids is 1. The number of aryl methyl sites for hydroxylation is 2. The number of hydrogen-bond donors (Lipinski definition) is 0. The van der Waals surface area contributed by atoms with Crippen molar-refractivity contribution in [2.45, 2.75) is 58.4 Å². The molecule has 1 amide bonds. The van der Waals surface area contributed by atoms with E-state index in [1.54, 1.807) is 0 Å². The highest BCUT2D eigenvalue weighted by Gasteiger charge is 2.34. The van der Waals surface area contributed by atoms with Crippen molar-refractivity contribution in [3.8, 4) is 0 Å². The van der Waals surface area contributed by atoms with Gasteiger partial charge in [-0.15, -0.1) is 0 Å². The van der Waals surface area contributed by atoms with E-state index in [1.807, 2.05) is 20.0 Å². The molecule has 0 aromatic carbocycles. The average molecular weight is 372 g/mol. The van der Waals surface area contributed by atoms with Gasteiger partial charge in [-0.3, -0.25) is 14.7 Å². The number of anilines is 1. The molecule has 6 heteroatoms. The molecular weight excluding hydrogens is 338 g/mol. The molecule has 0 spiro atoms. The maximum absolute atomic E-state index is 12.8. The number of hydrogen-bond acceptors (Lipinski definition) is 5. The Hall–Kier alpha value is -1.69. The molecule has 0 saturated carbocycles. The van der Waals surface area contributed by atoms with E-state index in [4.69, 9.17) is 4.98 Å². The summed E-state index contributed by atoms with van der Waals surface area (Å²) in [5.41, 5.74) is 2.00. The third kappa shape index (κ3) is 4.10. The molecule has 1 aromatic rings. The largest absolute Gasteiger partial charge is 0.355 e. The van der Waals surface area contributed by atoms with Gasteiger partial charge in [-0.2, -0.15) is 0 Å². The predicted octanol–water partition coefficient (Wildman–Crippen LogP) is 2.40. The molecule has 3 aliphatic rings. The second-order valence-electron chi connectivity index (χ2n) is 8.51. The number of aromatic nitrogens is 2. The minimum Gasteiger partial charge on any atom is -0.355 e. The molecule has 1 aromatic heterocycles. The fraction of sp³-hybridized carbons (Fsp3) is 0.762. The number of amides is 1. The molecule has 3 saturated heterocycles. The number of rotatable bonds is 3. The van der Waals surface area contributed by atoms with Crippen LogP contribution in [0, 0.1) is 19.8 Å². The van der Waals surface area contributed by atoms with Crippen molar-refractivity contribution in [3.63, 3.8) is 0 Å². The Morgan fingerprint density at radius 1 is 1.00 bits per heavy atom. The smallest absolute Gasteiger partial charge is 0.226 e. The van der Waals surface area contributed by atoms with Crippen molar-refractivity contribution in [1.29, 1.82) is 0 Å². The third-order valence-electron chi connectivity index (χ3n) is 6.55. The molecule has 0 N–H and O–H groups in total. The Bertz CT molecular complexity index is 665. The van der Waals surface area contributed by atoms with Crippen LogP contribution in [0.1, 0.15) is 49.9 Å². The number of likely N-dealkylation sites (tertiary alicyclic amines) is 2. The summed E-state index contributed by atoms with van der Waals surface area (Å²) in [5, 5.41) is 0. The summed E-state index contributed by atoms with van der Waals surface area (Å²) in [5.74, 6) is 1.69. The van der Waals surface area contributed by atoms with E-state index in [9.17, 15) is 4.79 Å². The molecule has 148 valence electrons. The van der Waals surface area contributed by atoms with E-state index in [-0.39, 0.29) is 5.92 Å². The van der Waals surface area contributed by atoms with E-state index in [2.05, 4.69) is 19.7 Å². The zero-order valence-electron chi connectivity index (χ0n) is 16.9. The fourth-order valence-corrected chi connectivity index (χ4v) is 5.00. The molecule has 27 heavy (non-hydrogen) atoms. The first-order valence-electron chi connectivity index (χ1n) is 10.7. The van der Waals surface area contributed by atoms with Crippen LogP contribution in [0.3, 0.4) is 0 Å². The summed E-state index contributed by atoms with van der Waals surface area (Å²) in [7, 11) is 0. The highest BCUT2D eigenvalue weighted by atomic mass is 16.2. The van der Waals surface area contributed by atoms with Gasteiger partial charge >= 0.3 is 0 Å². The molecule has 4 heterocycles. The molecule has 0 bridgehead atoms. The van der Waals surface area contributed by atoms with Gasteiger partial charge in [-0.25, -0.2) is 4.98 Å². The fourth-order valence-electron chi connectivity index (χ4n) is 5.00. The highest BCUT2D eigenvalue weighted by Crippen LogP contribution is 2.28. The molecule has 0 unspecified atom stereocenters. The van der Waals surface area contributed by atoms with Crippen LogP contribution in [0.25, 0.3) is 0 Å². The zero-order chi connectivity index (χ0) is 18.8. The first-order valence-corrected chi connectivity index (χ1v) is 10.7. The lowest BCUT2D eigenvalue weighted by atomic mass is 9.93. The summed E-state index contributed by atoms with van der Waals surface area (Å²) in [4.78, 5) is 29.1. The van der Waals surface area contributed by atoms with Crippen LogP contribution in [-0.4, -0.2) is 71.0 Å². The molecule has 6 nitrogen and oxygen atoms in total. The van der Waals surface area contributed by atoms with Crippen molar-refractivity contribution in [2.24, 2.45) is 5.92 Å². The Morgan fingerprint density at radius 2 is 1.74 bits per heavy atom. The predicted molar refractivity (Wildman–Crippen MR) is 107 cm³/mol. The van der Waals surface area contributed by atoms with Crippen molar-refractivity contribution in [3.05, 3.63) is 17.6 Å². The van der Waals surface area contributed by atoms with E-state index in [0.29, 0.717) is 11.9 Å². The lowest BCUT2D eigenvalue weighted by Crippen LogP contribution is -2.51. The van der Waals surface area contributed by atoms with Gasteiger partial charge in [0.15, 0.2) is 0 Å². The van der Waals surface area contributed by atoms with Crippen molar-refractivity contribution in [2.75, 3.05) is 44.2 Å². The van der Waals surface area contributed by atoms with Gasteiger partial charge in [0, 0.05) is 45.0 Å². The van der Waals surface area contributed by atoms with Gasteiger partial charge in [-0.05, 0) is 58.9 Å². The lowest BCUT2D eigenvalue weighted by molar-refractivity contribution is -0.136. The minimum absolute atomic E-state index is 0.222. The highest BCUT2D eigenvalue weighted by molar-refractivity contribution is 5.79. The zero-order valence-corrected chi connectivity index (χ0v) is 16.9. The molecule has 3 fully saturated rings. The third-order valence-corrected chi connectivity index (χ3v) is 6.55. The first-order chi connectivity index (χ1) is 13.1. The average Bonchev–Trinajstić information content (AvgIpc) is 3.24. The maximum Gasteiger partial charge on any atom is 0.226 e. The van der Waals surface area contributed by atoms with Crippen molar-refractivity contribution >= 4 is 11.7 Å². The van der Waals surface area contributed by atoms with E-state index in [0.717, 1.165) is 82.2 Å². The molecule has 1 atom stereocenters. The van der Waals surface area contributed by atoms with Gasteiger partial charge in [0.05, 0.1) is 17.3 Å². The Morgan fingerprint density at radius 3 is 2.48 bits per heavy atom. The summed E-state index contributed by atoms with van der Waals surface area (Å²) in [6, 6.07) is 0.605. The van der Waals surface area contributed by atoms with E-state index in [1.165, 1.54) is 12.8 Å². The van der Waals surface area contributed by atoms with Gasteiger partial charge in [0.1, 0.15) is 5.82 Å². The quantitative estimate of drug-likeness (QED) is 0.817. The summed E-state index contributed by atoms with van der Waals surface area (Å²) >= 11 is 0. The van der Waals surface area contributed by atoms with Crippen molar-refractivity contribution < 1.29 is 4.79 Å². The van der Waals surface area contributed by atoms with Crippen LogP contribution in [-0.2, 0) is 4.79 Å². The molecule has 3 aliphatic heterocycles. The van der Waals surface area contributed by atoms with Crippen LogP contribution in [0.15, 0.2) is 6.20 Å². The van der Waals surface area contributed by atoms with Crippen LogP contribution in [0.5, 0.6) is 0 Å². The number of piperidine rings is 2. The lowest BCUT2D eigenvalue weighted by Gasteiger charge is -2.43. The maximum atomic E-state index is 12.8. The number of nitrogens with zero attached hydrogens (tertiary/aromatic N) is 5. The normalized spacial score (nSPS) is 25.2. The summed E-state index contributed by atoms with van der Waals surface area (Å²) in [6.07, 6.45) is 8.75. The number of carbonyl (C=O) groups is 1. The van der Waals surface area contributed by atoms with Crippen LogP contribution >= 0.6 is 0 Å². The topological polar surface area (TPSA) is 52.6 Å².